The van der Waals surface area contributed by atoms with Crippen LogP contribution in [0.5, 0.6) is 0 Å². The molecule has 1 aliphatic rings. The Morgan fingerprint density at radius 1 is 1.06 bits per heavy atom. The summed E-state index contributed by atoms with van der Waals surface area (Å²) in [6, 6.07) is 12.2. The van der Waals surface area contributed by atoms with Gasteiger partial charge in [0.05, 0.1) is 0 Å². The van der Waals surface area contributed by atoms with E-state index in [1.807, 2.05) is 23.1 Å². The summed E-state index contributed by atoms with van der Waals surface area (Å²) in [6.45, 7) is 1.99. The van der Waals surface area contributed by atoms with Crippen LogP contribution in [0, 0.1) is 12.0 Å². The van der Waals surface area contributed by atoms with Gasteiger partial charge in [0, 0.05) is 24.7 Å². The number of Topliss-reactive ketones (excluding diaryl/α,β-unsaturated/α-hetero) is 1. The van der Waals surface area contributed by atoms with Crippen molar-refractivity contribution in [2.75, 3.05) is 13.1 Å². The lowest BCUT2D eigenvalue weighted by molar-refractivity contribution is 0.105. The van der Waals surface area contributed by atoms with E-state index in [0.29, 0.717) is 5.56 Å². The van der Waals surface area contributed by atoms with Crippen LogP contribution in [0.1, 0.15) is 29.6 Å². The van der Waals surface area contributed by atoms with Crippen LogP contribution in [0.2, 0.25) is 0 Å². The quantitative estimate of drug-likeness (QED) is 0.527. The summed E-state index contributed by atoms with van der Waals surface area (Å²) in [5, 5.41) is 0. The molecule has 16 heavy (non-hydrogen) atoms. The van der Waals surface area contributed by atoms with E-state index >= 15 is 0 Å². The molecule has 1 saturated heterocycles. The number of piperidine rings is 1. The number of hydrogen-bond donors (Lipinski definition) is 0. The van der Waals surface area contributed by atoms with Crippen molar-refractivity contribution in [3.8, 4) is 12.0 Å². The average Bonchev–Trinajstić information content (AvgIpc) is 2.38. The first kappa shape index (κ1) is 10.8. The Morgan fingerprint density at radius 2 is 1.75 bits per heavy atom. The molecule has 0 aromatic heterocycles. The molecule has 0 unspecified atom stereocenters. The lowest BCUT2D eigenvalue weighted by Gasteiger charge is -2.21. The average molecular weight is 213 g/mol. The molecular formula is C14H15NO. The van der Waals surface area contributed by atoms with E-state index in [2.05, 4.69) is 12.0 Å². The number of rotatable bonds is 1. The Labute approximate surface area is 96.3 Å². The van der Waals surface area contributed by atoms with Crippen molar-refractivity contribution in [1.82, 2.24) is 4.90 Å². The molecule has 0 saturated carbocycles. The van der Waals surface area contributed by atoms with Gasteiger partial charge >= 0.3 is 0 Å². The van der Waals surface area contributed by atoms with Gasteiger partial charge in [-0.3, -0.25) is 4.79 Å². The number of hydrogen-bond acceptors (Lipinski definition) is 2. The van der Waals surface area contributed by atoms with Gasteiger partial charge in [-0.25, -0.2) is 0 Å². The smallest absolute Gasteiger partial charge is 0.237 e. The number of carbonyl (C=O) groups is 1. The normalized spacial score (nSPS) is 15.1. The number of ketones is 1. The van der Waals surface area contributed by atoms with Crippen LogP contribution in [0.15, 0.2) is 30.3 Å². The molecule has 2 nitrogen and oxygen atoms in total. The third-order valence-electron chi connectivity index (χ3n) is 2.72. The minimum absolute atomic E-state index is 0.0915. The molecule has 82 valence electrons. The molecule has 0 aliphatic carbocycles. The fourth-order valence-corrected chi connectivity index (χ4v) is 1.80. The van der Waals surface area contributed by atoms with Crippen LogP contribution in [0.3, 0.4) is 0 Å². The van der Waals surface area contributed by atoms with Crippen LogP contribution in [0.4, 0.5) is 0 Å². The highest BCUT2D eigenvalue weighted by atomic mass is 16.1. The van der Waals surface area contributed by atoms with Crippen LogP contribution in [-0.4, -0.2) is 23.8 Å². The SMILES string of the molecule is O=C(C#CN1CCCCC1)c1ccccc1. The van der Waals surface area contributed by atoms with Crippen LogP contribution >= 0.6 is 0 Å². The van der Waals surface area contributed by atoms with Crippen molar-refractivity contribution in [3.63, 3.8) is 0 Å². The van der Waals surface area contributed by atoms with Crippen molar-refractivity contribution in [2.24, 2.45) is 0 Å². The Balaban J connectivity index is 1.99. The summed E-state index contributed by atoms with van der Waals surface area (Å²) in [6.07, 6.45) is 3.66. The Bertz CT molecular complexity index is 407. The topological polar surface area (TPSA) is 20.3 Å². The van der Waals surface area contributed by atoms with Crippen LogP contribution < -0.4 is 0 Å². The van der Waals surface area contributed by atoms with E-state index < -0.39 is 0 Å². The van der Waals surface area contributed by atoms with Crippen LogP contribution in [0.25, 0.3) is 0 Å². The monoisotopic (exact) mass is 213 g/mol. The summed E-state index contributed by atoms with van der Waals surface area (Å²) in [7, 11) is 0. The van der Waals surface area contributed by atoms with Gasteiger partial charge in [-0.15, -0.1) is 0 Å². The van der Waals surface area contributed by atoms with Gasteiger partial charge in [0.25, 0.3) is 0 Å². The van der Waals surface area contributed by atoms with E-state index in [1.54, 1.807) is 12.1 Å². The van der Waals surface area contributed by atoms with Crippen molar-refractivity contribution < 1.29 is 4.79 Å². The summed E-state index contributed by atoms with van der Waals surface area (Å²) in [5.74, 6) is 2.61. The zero-order chi connectivity index (χ0) is 11.2. The largest absolute Gasteiger partial charge is 0.332 e. The van der Waals surface area contributed by atoms with Gasteiger partial charge < -0.3 is 4.90 Å². The second kappa shape index (κ2) is 5.37. The Hall–Kier alpha value is -1.75. The van der Waals surface area contributed by atoms with Crippen molar-refractivity contribution in [2.45, 2.75) is 19.3 Å². The lowest BCUT2D eigenvalue weighted by atomic mass is 10.1. The first-order valence-corrected chi connectivity index (χ1v) is 5.72. The molecule has 1 aromatic rings. The molecule has 0 bridgehead atoms. The number of benzene rings is 1. The molecular weight excluding hydrogens is 198 g/mol. The molecule has 0 amide bonds. The maximum absolute atomic E-state index is 11.7. The predicted molar refractivity (Wildman–Crippen MR) is 64.0 cm³/mol. The summed E-state index contributed by atoms with van der Waals surface area (Å²) >= 11 is 0. The van der Waals surface area contributed by atoms with E-state index in [0.717, 1.165) is 13.1 Å². The molecule has 0 spiro atoms. The number of likely N-dealkylation sites (tertiary alicyclic amines) is 1. The lowest BCUT2D eigenvalue weighted by Crippen LogP contribution is -2.24. The van der Waals surface area contributed by atoms with E-state index in [-0.39, 0.29) is 5.78 Å². The molecule has 1 aromatic carbocycles. The van der Waals surface area contributed by atoms with Crippen molar-refractivity contribution >= 4 is 5.78 Å². The first-order valence-electron chi connectivity index (χ1n) is 5.72. The third-order valence-corrected chi connectivity index (χ3v) is 2.72. The molecule has 0 atom stereocenters. The number of nitrogens with zero attached hydrogens (tertiary/aromatic N) is 1. The van der Waals surface area contributed by atoms with E-state index in [1.165, 1.54) is 19.3 Å². The second-order valence-corrected chi connectivity index (χ2v) is 3.98. The maximum atomic E-state index is 11.7. The molecule has 1 heterocycles. The highest BCUT2D eigenvalue weighted by Gasteiger charge is 2.06. The molecule has 2 rings (SSSR count). The minimum Gasteiger partial charge on any atom is -0.332 e. The molecule has 1 aliphatic heterocycles. The first-order chi connectivity index (χ1) is 7.86. The third kappa shape index (κ3) is 2.87. The van der Waals surface area contributed by atoms with Gasteiger partial charge in [-0.1, -0.05) is 30.3 Å². The second-order valence-electron chi connectivity index (χ2n) is 3.98. The Morgan fingerprint density at radius 3 is 2.44 bits per heavy atom. The maximum Gasteiger partial charge on any atom is 0.237 e. The van der Waals surface area contributed by atoms with Crippen molar-refractivity contribution in [3.05, 3.63) is 35.9 Å². The zero-order valence-corrected chi connectivity index (χ0v) is 9.28. The Kier molecular flexibility index (Phi) is 3.61. The summed E-state index contributed by atoms with van der Waals surface area (Å²) in [5.41, 5.74) is 0.673. The number of carbonyl (C=O) groups excluding carboxylic acids is 1. The van der Waals surface area contributed by atoms with E-state index in [4.69, 9.17) is 0 Å². The molecule has 0 N–H and O–H groups in total. The summed E-state index contributed by atoms with van der Waals surface area (Å²) < 4.78 is 0. The van der Waals surface area contributed by atoms with E-state index in [9.17, 15) is 4.79 Å². The van der Waals surface area contributed by atoms with Crippen LogP contribution in [-0.2, 0) is 0 Å². The highest BCUT2D eigenvalue weighted by molar-refractivity contribution is 6.08. The van der Waals surface area contributed by atoms with Crippen molar-refractivity contribution in [1.29, 1.82) is 0 Å². The van der Waals surface area contributed by atoms with Gasteiger partial charge in [-0.05, 0) is 25.2 Å². The molecule has 0 radical (unpaired) electrons. The van der Waals surface area contributed by atoms with Gasteiger partial charge in [-0.2, -0.15) is 0 Å². The fraction of sp³-hybridized carbons (Fsp3) is 0.357. The minimum atomic E-state index is -0.0915. The molecule has 1 fully saturated rings. The zero-order valence-electron chi connectivity index (χ0n) is 9.28. The van der Waals surface area contributed by atoms with Gasteiger partial charge in [0.1, 0.15) is 0 Å². The predicted octanol–water partition coefficient (Wildman–Crippen LogP) is 2.32. The standard InChI is InChI=1S/C14H15NO/c16-14(13-7-3-1-4-8-13)9-12-15-10-5-2-6-11-15/h1,3-4,7-8H,2,5-6,10-11H2. The highest BCUT2D eigenvalue weighted by Crippen LogP contribution is 2.07. The summed E-state index contributed by atoms with van der Waals surface area (Å²) in [4.78, 5) is 13.7. The van der Waals surface area contributed by atoms with Gasteiger partial charge in [0.15, 0.2) is 0 Å². The fourth-order valence-electron chi connectivity index (χ4n) is 1.80. The van der Waals surface area contributed by atoms with Gasteiger partial charge in [0.2, 0.25) is 5.78 Å². The molecule has 2 heteroatoms.